The van der Waals surface area contributed by atoms with Crippen molar-refractivity contribution in [3.8, 4) is 10.4 Å². The van der Waals surface area contributed by atoms with Crippen molar-refractivity contribution in [3.63, 3.8) is 0 Å². The van der Waals surface area contributed by atoms with E-state index in [1.807, 2.05) is 29.8 Å². The maximum absolute atomic E-state index is 13.2. The molecule has 8 heteroatoms. The second kappa shape index (κ2) is 7.54. The Morgan fingerprint density at radius 3 is 3.00 bits per heavy atom. The smallest absolute Gasteiger partial charge is 0.263 e. The highest BCUT2D eigenvalue weighted by Crippen LogP contribution is 2.35. The van der Waals surface area contributed by atoms with Gasteiger partial charge in [0.15, 0.2) is 5.16 Å². The summed E-state index contributed by atoms with van der Waals surface area (Å²) in [6.45, 7) is 3.22. The molecule has 5 nitrogen and oxygen atoms in total. The van der Waals surface area contributed by atoms with E-state index >= 15 is 0 Å². The zero-order valence-electron chi connectivity index (χ0n) is 14.4. The topological polar surface area (TPSA) is 64.0 Å². The minimum absolute atomic E-state index is 0.0151. The molecule has 3 aromatic rings. The molecule has 4 rings (SSSR count). The SMILES string of the molecule is CCn1c(S[C@H]2CCCCNC2=O)nc2scc(-c3cccs3)c2c1=O. The van der Waals surface area contributed by atoms with Gasteiger partial charge in [0.1, 0.15) is 4.83 Å². The molecule has 1 atom stereocenters. The summed E-state index contributed by atoms with van der Waals surface area (Å²) in [4.78, 5) is 32.1. The lowest BCUT2D eigenvalue weighted by Gasteiger charge is -2.15. The van der Waals surface area contributed by atoms with Gasteiger partial charge in [0.25, 0.3) is 5.56 Å². The molecular formula is C18H19N3O2S3. The first-order valence-electron chi connectivity index (χ1n) is 8.69. The van der Waals surface area contributed by atoms with Gasteiger partial charge < -0.3 is 5.32 Å². The molecule has 3 aromatic heterocycles. The maximum atomic E-state index is 13.2. The van der Waals surface area contributed by atoms with Gasteiger partial charge in [-0.15, -0.1) is 22.7 Å². The van der Waals surface area contributed by atoms with Crippen molar-refractivity contribution in [1.29, 1.82) is 0 Å². The van der Waals surface area contributed by atoms with Crippen LogP contribution in [0.4, 0.5) is 0 Å². The molecule has 0 aromatic carbocycles. The number of aromatic nitrogens is 2. The van der Waals surface area contributed by atoms with Crippen LogP contribution in [0, 0.1) is 0 Å². The Balaban J connectivity index is 1.79. The number of thioether (sulfide) groups is 1. The lowest BCUT2D eigenvalue weighted by molar-refractivity contribution is -0.120. The van der Waals surface area contributed by atoms with Crippen LogP contribution in [0.1, 0.15) is 26.2 Å². The van der Waals surface area contributed by atoms with E-state index in [9.17, 15) is 9.59 Å². The number of fused-ring (bicyclic) bond motifs is 1. The van der Waals surface area contributed by atoms with Crippen LogP contribution in [0.2, 0.25) is 0 Å². The molecule has 136 valence electrons. The normalized spacial score (nSPS) is 18.0. The summed E-state index contributed by atoms with van der Waals surface area (Å²) in [6.07, 6.45) is 2.83. The average Bonchev–Trinajstić information content (AvgIpc) is 3.25. The first-order valence-corrected chi connectivity index (χ1v) is 11.3. The molecule has 1 saturated heterocycles. The summed E-state index contributed by atoms with van der Waals surface area (Å²) in [6, 6.07) is 4.02. The minimum atomic E-state index is -0.184. The number of nitrogens with one attached hydrogen (secondary N) is 1. The predicted molar refractivity (Wildman–Crippen MR) is 109 cm³/mol. The Labute approximate surface area is 163 Å². The highest BCUT2D eigenvalue weighted by Gasteiger charge is 2.25. The lowest BCUT2D eigenvalue weighted by atomic mass is 10.2. The Bertz CT molecular complexity index is 991. The van der Waals surface area contributed by atoms with Gasteiger partial charge in [-0.05, 0) is 31.2 Å². The molecule has 0 saturated carbocycles. The third-order valence-electron chi connectivity index (χ3n) is 4.49. The quantitative estimate of drug-likeness (QED) is 0.667. The Kier molecular flexibility index (Phi) is 5.15. The molecule has 1 fully saturated rings. The van der Waals surface area contributed by atoms with Crippen LogP contribution >= 0.6 is 34.4 Å². The zero-order chi connectivity index (χ0) is 18.1. The molecule has 0 aliphatic carbocycles. The summed E-state index contributed by atoms with van der Waals surface area (Å²) < 4.78 is 1.70. The van der Waals surface area contributed by atoms with Crippen molar-refractivity contribution in [1.82, 2.24) is 14.9 Å². The van der Waals surface area contributed by atoms with E-state index in [1.165, 1.54) is 23.1 Å². The van der Waals surface area contributed by atoms with Crippen LogP contribution in [-0.4, -0.2) is 27.3 Å². The van der Waals surface area contributed by atoms with Crippen LogP contribution in [0.15, 0.2) is 32.8 Å². The third-order valence-corrected chi connectivity index (χ3v) is 7.53. The number of carbonyl (C=O) groups excluding carboxylic acids is 1. The summed E-state index contributed by atoms with van der Waals surface area (Å²) in [5.41, 5.74) is 0.946. The number of rotatable bonds is 4. The van der Waals surface area contributed by atoms with E-state index in [-0.39, 0.29) is 16.7 Å². The predicted octanol–water partition coefficient (Wildman–Crippen LogP) is 3.97. The molecule has 0 bridgehead atoms. The van der Waals surface area contributed by atoms with E-state index in [0.717, 1.165) is 41.1 Å². The highest BCUT2D eigenvalue weighted by atomic mass is 32.2. The number of amides is 1. The fourth-order valence-electron chi connectivity index (χ4n) is 3.14. The first kappa shape index (κ1) is 17.8. The lowest BCUT2D eigenvalue weighted by Crippen LogP contribution is -2.31. The van der Waals surface area contributed by atoms with Gasteiger partial charge in [0, 0.05) is 28.9 Å². The van der Waals surface area contributed by atoms with E-state index in [1.54, 1.807) is 15.9 Å². The summed E-state index contributed by atoms with van der Waals surface area (Å²) in [5, 5.41) is 8.13. The Hall–Kier alpha value is -1.64. The molecule has 1 aliphatic heterocycles. The fourth-order valence-corrected chi connectivity index (χ4v) is 6.16. The molecule has 26 heavy (non-hydrogen) atoms. The van der Waals surface area contributed by atoms with Gasteiger partial charge in [-0.1, -0.05) is 24.2 Å². The highest BCUT2D eigenvalue weighted by molar-refractivity contribution is 8.00. The standard InChI is InChI=1S/C18H19N3O2S3/c1-2-21-17(23)14-11(12-7-5-9-24-12)10-25-16(14)20-18(21)26-13-6-3-4-8-19-15(13)22/h5,7,9-10,13H,2-4,6,8H2,1H3,(H,19,22)/t13-/m0/s1. The van der Waals surface area contributed by atoms with Gasteiger partial charge in [-0.2, -0.15) is 0 Å². The van der Waals surface area contributed by atoms with E-state index in [2.05, 4.69) is 5.32 Å². The summed E-state index contributed by atoms with van der Waals surface area (Å²) in [7, 11) is 0. The van der Waals surface area contributed by atoms with Gasteiger partial charge in [0.05, 0.1) is 10.6 Å². The second-order valence-corrected chi connectivity index (χ2v) is 9.12. The zero-order valence-corrected chi connectivity index (χ0v) is 16.8. The Morgan fingerprint density at radius 1 is 1.35 bits per heavy atom. The fraction of sp³-hybridized carbons (Fsp3) is 0.389. The molecule has 0 radical (unpaired) electrons. The van der Waals surface area contributed by atoms with Gasteiger partial charge in [-0.25, -0.2) is 4.98 Å². The van der Waals surface area contributed by atoms with Gasteiger partial charge in [-0.3, -0.25) is 14.2 Å². The summed E-state index contributed by atoms with van der Waals surface area (Å²) in [5.74, 6) is 0.0509. The number of hydrogen-bond acceptors (Lipinski definition) is 6. The van der Waals surface area contributed by atoms with Crippen LogP contribution in [-0.2, 0) is 11.3 Å². The van der Waals surface area contributed by atoms with Crippen molar-refractivity contribution in [2.45, 2.75) is 43.1 Å². The van der Waals surface area contributed by atoms with Crippen molar-refractivity contribution in [3.05, 3.63) is 33.2 Å². The van der Waals surface area contributed by atoms with E-state index in [4.69, 9.17) is 4.98 Å². The average molecular weight is 406 g/mol. The van der Waals surface area contributed by atoms with E-state index in [0.29, 0.717) is 17.1 Å². The summed E-state index contributed by atoms with van der Waals surface area (Å²) >= 11 is 4.54. The van der Waals surface area contributed by atoms with Crippen LogP contribution < -0.4 is 10.9 Å². The Morgan fingerprint density at radius 2 is 2.23 bits per heavy atom. The van der Waals surface area contributed by atoms with Crippen molar-refractivity contribution in [2.24, 2.45) is 0 Å². The monoisotopic (exact) mass is 405 g/mol. The maximum Gasteiger partial charge on any atom is 0.263 e. The van der Waals surface area contributed by atoms with Crippen molar-refractivity contribution < 1.29 is 4.79 Å². The minimum Gasteiger partial charge on any atom is -0.355 e. The van der Waals surface area contributed by atoms with Crippen LogP contribution in [0.5, 0.6) is 0 Å². The van der Waals surface area contributed by atoms with Gasteiger partial charge >= 0.3 is 0 Å². The number of thiophene rings is 2. The molecule has 0 spiro atoms. The number of hydrogen-bond donors (Lipinski definition) is 1. The molecular weight excluding hydrogens is 386 g/mol. The second-order valence-electron chi connectivity index (χ2n) is 6.14. The number of nitrogens with zero attached hydrogens (tertiary/aromatic N) is 2. The van der Waals surface area contributed by atoms with Crippen LogP contribution in [0.25, 0.3) is 20.7 Å². The van der Waals surface area contributed by atoms with Crippen molar-refractivity contribution >= 4 is 50.6 Å². The molecule has 1 amide bonds. The first-order chi connectivity index (χ1) is 12.7. The van der Waals surface area contributed by atoms with E-state index < -0.39 is 0 Å². The molecule has 1 N–H and O–H groups in total. The third kappa shape index (κ3) is 3.21. The molecule has 4 heterocycles. The molecule has 0 unspecified atom stereocenters. The van der Waals surface area contributed by atoms with Crippen LogP contribution in [0.3, 0.4) is 0 Å². The molecule has 1 aliphatic rings. The van der Waals surface area contributed by atoms with Gasteiger partial charge in [0.2, 0.25) is 5.91 Å². The van der Waals surface area contributed by atoms with Crippen molar-refractivity contribution in [2.75, 3.05) is 6.54 Å². The largest absolute Gasteiger partial charge is 0.355 e. The number of carbonyl (C=O) groups is 1.